The number of aryl methyl sites for hydroxylation is 2. The second-order valence-electron chi connectivity index (χ2n) is 5.42. The monoisotopic (exact) mass is 342 g/mol. The van der Waals surface area contributed by atoms with Crippen LogP contribution in [0.25, 0.3) is 5.69 Å². The largest absolute Gasteiger partial charge is 0.318 e. The third-order valence-corrected chi connectivity index (χ3v) is 5.81. The van der Waals surface area contributed by atoms with Crippen LogP contribution in [-0.2, 0) is 0 Å². The SMILES string of the molecule is Cc1csc(SCC(=O)c2cc(C)n(-c3ccccc3)c2C)n1. The van der Waals surface area contributed by atoms with Crippen LogP contribution in [0.5, 0.6) is 0 Å². The van der Waals surface area contributed by atoms with Crippen LogP contribution in [0.15, 0.2) is 46.1 Å². The molecule has 5 heteroatoms. The van der Waals surface area contributed by atoms with Gasteiger partial charge in [-0.1, -0.05) is 30.0 Å². The molecule has 2 aromatic heterocycles. The molecule has 3 rings (SSSR count). The van der Waals surface area contributed by atoms with Crippen LogP contribution in [0.3, 0.4) is 0 Å². The van der Waals surface area contributed by atoms with Crippen molar-refractivity contribution in [2.45, 2.75) is 25.1 Å². The molecule has 0 saturated carbocycles. The second kappa shape index (κ2) is 6.72. The molecule has 0 amide bonds. The van der Waals surface area contributed by atoms with Crippen molar-refractivity contribution in [2.75, 3.05) is 5.75 Å². The van der Waals surface area contributed by atoms with Crippen LogP contribution in [0.1, 0.15) is 27.4 Å². The van der Waals surface area contributed by atoms with Gasteiger partial charge in [0.1, 0.15) is 0 Å². The number of ketones is 1. The topological polar surface area (TPSA) is 34.9 Å². The number of Topliss-reactive ketones (excluding diaryl/α,β-unsaturated/α-hetero) is 1. The average Bonchev–Trinajstić information content (AvgIpc) is 3.09. The highest BCUT2D eigenvalue weighted by atomic mass is 32.2. The van der Waals surface area contributed by atoms with Gasteiger partial charge in [0.2, 0.25) is 0 Å². The Morgan fingerprint density at radius 3 is 2.61 bits per heavy atom. The first-order chi connectivity index (χ1) is 11.1. The first-order valence-electron chi connectivity index (χ1n) is 7.39. The van der Waals surface area contributed by atoms with Gasteiger partial charge in [0, 0.05) is 33.7 Å². The summed E-state index contributed by atoms with van der Waals surface area (Å²) in [6.07, 6.45) is 0. The number of aromatic nitrogens is 2. The Morgan fingerprint density at radius 1 is 1.22 bits per heavy atom. The molecule has 0 atom stereocenters. The van der Waals surface area contributed by atoms with E-state index >= 15 is 0 Å². The minimum absolute atomic E-state index is 0.151. The van der Waals surface area contributed by atoms with Crippen molar-refractivity contribution in [3.05, 3.63) is 64.4 Å². The number of para-hydroxylation sites is 1. The molecule has 0 spiro atoms. The molecule has 0 N–H and O–H groups in total. The summed E-state index contributed by atoms with van der Waals surface area (Å²) in [6, 6.07) is 12.1. The molecule has 23 heavy (non-hydrogen) atoms. The molecule has 0 aliphatic rings. The van der Waals surface area contributed by atoms with Crippen molar-refractivity contribution in [1.82, 2.24) is 9.55 Å². The summed E-state index contributed by atoms with van der Waals surface area (Å²) in [6.45, 7) is 6.01. The van der Waals surface area contributed by atoms with Crippen LogP contribution >= 0.6 is 23.1 Å². The van der Waals surface area contributed by atoms with E-state index in [0.29, 0.717) is 5.75 Å². The van der Waals surface area contributed by atoms with E-state index in [2.05, 4.69) is 21.7 Å². The molecule has 1 aromatic carbocycles. The Hall–Kier alpha value is -1.85. The van der Waals surface area contributed by atoms with Crippen LogP contribution in [0, 0.1) is 20.8 Å². The number of carbonyl (C=O) groups excluding carboxylic acids is 1. The molecule has 3 aromatic rings. The lowest BCUT2D eigenvalue weighted by Crippen LogP contribution is -2.05. The summed E-state index contributed by atoms with van der Waals surface area (Å²) in [7, 11) is 0. The van der Waals surface area contributed by atoms with Gasteiger partial charge in [-0.05, 0) is 39.0 Å². The van der Waals surface area contributed by atoms with E-state index in [4.69, 9.17) is 0 Å². The van der Waals surface area contributed by atoms with Crippen molar-refractivity contribution < 1.29 is 4.79 Å². The minimum atomic E-state index is 0.151. The number of nitrogens with zero attached hydrogens (tertiary/aromatic N) is 2. The molecule has 0 radical (unpaired) electrons. The summed E-state index contributed by atoms with van der Waals surface area (Å²) in [5.41, 5.74) is 4.96. The summed E-state index contributed by atoms with van der Waals surface area (Å²) < 4.78 is 3.08. The molecule has 0 aliphatic heterocycles. The highest BCUT2D eigenvalue weighted by Gasteiger charge is 2.17. The maximum Gasteiger partial charge on any atom is 0.174 e. The number of carbonyl (C=O) groups is 1. The van der Waals surface area contributed by atoms with E-state index in [9.17, 15) is 4.79 Å². The summed E-state index contributed by atoms with van der Waals surface area (Å²) in [5, 5.41) is 2.01. The van der Waals surface area contributed by atoms with E-state index in [1.54, 1.807) is 11.3 Å². The average molecular weight is 342 g/mol. The quantitative estimate of drug-likeness (QED) is 0.492. The van der Waals surface area contributed by atoms with E-state index in [1.165, 1.54) is 11.8 Å². The third kappa shape index (κ3) is 3.41. The Kier molecular flexibility index (Phi) is 4.68. The summed E-state index contributed by atoms with van der Waals surface area (Å²) in [4.78, 5) is 17.0. The lowest BCUT2D eigenvalue weighted by molar-refractivity contribution is 0.102. The predicted octanol–water partition coefficient (Wildman–Crippen LogP) is 4.83. The number of thioether (sulfide) groups is 1. The highest BCUT2D eigenvalue weighted by Crippen LogP contribution is 2.26. The fourth-order valence-electron chi connectivity index (χ4n) is 2.62. The van der Waals surface area contributed by atoms with Gasteiger partial charge in [-0.25, -0.2) is 4.98 Å². The molecule has 0 aliphatic carbocycles. The van der Waals surface area contributed by atoms with E-state index in [0.717, 1.165) is 32.7 Å². The van der Waals surface area contributed by atoms with E-state index in [1.807, 2.05) is 50.4 Å². The van der Waals surface area contributed by atoms with Crippen LogP contribution in [0.4, 0.5) is 0 Å². The molecule has 2 heterocycles. The number of thiazole rings is 1. The Labute approximate surface area is 144 Å². The number of hydrogen-bond acceptors (Lipinski definition) is 4. The molecule has 0 unspecified atom stereocenters. The van der Waals surface area contributed by atoms with Gasteiger partial charge in [-0.3, -0.25) is 4.79 Å². The van der Waals surface area contributed by atoms with Gasteiger partial charge in [0.15, 0.2) is 10.1 Å². The van der Waals surface area contributed by atoms with Crippen molar-refractivity contribution in [3.8, 4) is 5.69 Å². The normalized spacial score (nSPS) is 10.9. The van der Waals surface area contributed by atoms with Gasteiger partial charge < -0.3 is 4.57 Å². The molecular weight excluding hydrogens is 324 g/mol. The fraction of sp³-hybridized carbons (Fsp3) is 0.222. The molecule has 118 valence electrons. The van der Waals surface area contributed by atoms with Crippen molar-refractivity contribution >= 4 is 28.9 Å². The minimum Gasteiger partial charge on any atom is -0.318 e. The van der Waals surface area contributed by atoms with Gasteiger partial charge >= 0.3 is 0 Å². The zero-order valence-electron chi connectivity index (χ0n) is 13.4. The lowest BCUT2D eigenvalue weighted by Gasteiger charge is -2.09. The Balaban J connectivity index is 1.82. The molecule has 0 saturated heterocycles. The molecule has 0 bridgehead atoms. The van der Waals surface area contributed by atoms with E-state index < -0.39 is 0 Å². The highest BCUT2D eigenvalue weighted by molar-refractivity contribution is 8.01. The predicted molar refractivity (Wildman–Crippen MR) is 97.1 cm³/mol. The van der Waals surface area contributed by atoms with Gasteiger partial charge in [0.05, 0.1) is 5.75 Å². The molecule has 3 nitrogen and oxygen atoms in total. The lowest BCUT2D eigenvalue weighted by atomic mass is 10.2. The smallest absolute Gasteiger partial charge is 0.174 e. The van der Waals surface area contributed by atoms with Crippen LogP contribution < -0.4 is 0 Å². The maximum atomic E-state index is 12.6. The Bertz CT molecular complexity index is 834. The van der Waals surface area contributed by atoms with Gasteiger partial charge in [-0.15, -0.1) is 11.3 Å². The van der Waals surface area contributed by atoms with Gasteiger partial charge in [-0.2, -0.15) is 0 Å². The fourth-order valence-corrected chi connectivity index (χ4v) is 4.36. The number of benzene rings is 1. The van der Waals surface area contributed by atoms with Crippen molar-refractivity contribution in [3.63, 3.8) is 0 Å². The zero-order chi connectivity index (χ0) is 16.4. The van der Waals surface area contributed by atoms with Gasteiger partial charge in [0.25, 0.3) is 0 Å². The maximum absolute atomic E-state index is 12.6. The Morgan fingerprint density at radius 2 is 1.96 bits per heavy atom. The van der Waals surface area contributed by atoms with Crippen LogP contribution in [0.2, 0.25) is 0 Å². The van der Waals surface area contributed by atoms with Crippen LogP contribution in [-0.4, -0.2) is 21.1 Å². The zero-order valence-corrected chi connectivity index (χ0v) is 15.0. The molecular formula is C18H18N2OS2. The van der Waals surface area contributed by atoms with Crippen molar-refractivity contribution in [1.29, 1.82) is 0 Å². The number of rotatable bonds is 5. The summed E-state index contributed by atoms with van der Waals surface area (Å²) in [5.74, 6) is 0.574. The number of hydrogen-bond donors (Lipinski definition) is 0. The molecule has 0 fully saturated rings. The second-order valence-corrected chi connectivity index (χ2v) is 7.50. The first kappa shape index (κ1) is 16.0. The van der Waals surface area contributed by atoms with Crippen molar-refractivity contribution in [2.24, 2.45) is 0 Å². The first-order valence-corrected chi connectivity index (χ1v) is 9.25. The third-order valence-electron chi connectivity index (χ3n) is 3.67. The summed E-state index contributed by atoms with van der Waals surface area (Å²) >= 11 is 3.10. The standard InChI is InChI=1S/C18H18N2OS2/c1-12-10-22-18(19-12)23-11-17(21)16-9-13(2)20(14(16)3)15-7-5-4-6-8-15/h4-10H,11H2,1-3H3. The van der Waals surface area contributed by atoms with E-state index in [-0.39, 0.29) is 5.78 Å².